The third-order valence-electron chi connectivity index (χ3n) is 3.45. The molecule has 1 saturated heterocycles. The molecule has 106 valence electrons. The van der Waals surface area contributed by atoms with Crippen molar-refractivity contribution in [3.8, 4) is 0 Å². The summed E-state index contributed by atoms with van der Waals surface area (Å²) in [4.78, 5) is 15.1. The second-order valence-electron chi connectivity index (χ2n) is 4.81. The lowest BCUT2D eigenvalue weighted by molar-refractivity contribution is -0.138. The van der Waals surface area contributed by atoms with E-state index in [9.17, 15) is 4.79 Å². The van der Waals surface area contributed by atoms with Crippen molar-refractivity contribution in [3.63, 3.8) is 0 Å². The zero-order valence-corrected chi connectivity index (χ0v) is 12.0. The molecule has 0 spiro atoms. The van der Waals surface area contributed by atoms with Gasteiger partial charge in [0.1, 0.15) is 0 Å². The summed E-state index contributed by atoms with van der Waals surface area (Å²) in [6, 6.07) is 0.432. The van der Waals surface area contributed by atoms with E-state index in [1.807, 2.05) is 18.0 Å². The Kier molecular flexibility index (Phi) is 9.06. The van der Waals surface area contributed by atoms with Gasteiger partial charge >= 0.3 is 5.97 Å². The van der Waals surface area contributed by atoms with Crippen LogP contribution in [-0.4, -0.2) is 60.1 Å². The van der Waals surface area contributed by atoms with Crippen LogP contribution in [0.25, 0.3) is 0 Å². The number of piperidine rings is 1. The number of nitrogens with zero attached hydrogens (tertiary/aromatic N) is 2. The first-order valence-corrected chi connectivity index (χ1v) is 6.38. The Morgan fingerprint density at radius 1 is 1.50 bits per heavy atom. The van der Waals surface area contributed by atoms with Crippen LogP contribution in [-0.2, 0) is 4.79 Å². The number of carboxylic acid groups (broad SMARTS) is 1. The molecule has 4 nitrogen and oxygen atoms in total. The van der Waals surface area contributed by atoms with E-state index in [-0.39, 0.29) is 19.0 Å². The van der Waals surface area contributed by atoms with Crippen LogP contribution < -0.4 is 0 Å². The fraction of sp³-hybridized carbons (Fsp3) is 0.769. The zero-order chi connectivity index (χ0) is 12.7. The standard InChI is InChI=1S/C13H24N2O2.ClH/c1-3-4-5-8-15-9-6-12(7-10-15)14(2)11-13(16)17;/h3,12H,1,4-11H2,2H3,(H,16,17);1H. The molecular formula is C13H25ClN2O2. The van der Waals surface area contributed by atoms with Gasteiger partial charge in [-0.1, -0.05) is 6.08 Å². The topological polar surface area (TPSA) is 43.8 Å². The molecule has 1 heterocycles. The molecule has 0 aliphatic carbocycles. The van der Waals surface area contributed by atoms with Crippen molar-refractivity contribution >= 4 is 18.4 Å². The molecule has 1 aliphatic rings. The van der Waals surface area contributed by atoms with Crippen molar-refractivity contribution in [2.24, 2.45) is 0 Å². The number of allylic oxidation sites excluding steroid dienone is 1. The fourth-order valence-electron chi connectivity index (χ4n) is 2.39. The van der Waals surface area contributed by atoms with E-state index < -0.39 is 5.97 Å². The van der Waals surface area contributed by atoms with Crippen molar-refractivity contribution in [2.75, 3.05) is 33.2 Å². The van der Waals surface area contributed by atoms with Gasteiger partial charge in [0, 0.05) is 6.04 Å². The largest absolute Gasteiger partial charge is 0.480 e. The number of carboxylic acids is 1. The molecule has 0 aromatic heterocycles. The minimum Gasteiger partial charge on any atom is -0.480 e. The number of aliphatic carboxylic acids is 1. The Labute approximate surface area is 116 Å². The maximum Gasteiger partial charge on any atom is 0.317 e. The SMILES string of the molecule is C=CCCCN1CCC(N(C)CC(=O)O)CC1.Cl. The number of hydrogen-bond acceptors (Lipinski definition) is 3. The quantitative estimate of drug-likeness (QED) is 0.569. The zero-order valence-electron chi connectivity index (χ0n) is 11.2. The fourth-order valence-corrected chi connectivity index (χ4v) is 2.39. The van der Waals surface area contributed by atoms with Gasteiger partial charge in [-0.3, -0.25) is 9.69 Å². The van der Waals surface area contributed by atoms with E-state index in [1.165, 1.54) is 6.42 Å². The summed E-state index contributed by atoms with van der Waals surface area (Å²) < 4.78 is 0. The predicted octanol–water partition coefficient (Wildman–Crippen LogP) is 1.86. The van der Waals surface area contributed by atoms with Gasteiger partial charge in [-0.25, -0.2) is 0 Å². The highest BCUT2D eigenvalue weighted by molar-refractivity contribution is 5.85. The molecule has 1 rings (SSSR count). The molecule has 0 radical (unpaired) electrons. The summed E-state index contributed by atoms with van der Waals surface area (Å²) in [6.07, 6.45) is 6.39. The summed E-state index contributed by atoms with van der Waals surface area (Å²) in [5, 5.41) is 8.75. The molecule has 0 aromatic rings. The molecule has 1 N–H and O–H groups in total. The van der Waals surface area contributed by atoms with Gasteiger partial charge in [-0.2, -0.15) is 0 Å². The van der Waals surface area contributed by atoms with Crippen molar-refractivity contribution < 1.29 is 9.90 Å². The highest BCUT2D eigenvalue weighted by Gasteiger charge is 2.22. The third kappa shape index (κ3) is 6.38. The third-order valence-corrected chi connectivity index (χ3v) is 3.45. The molecule has 5 heteroatoms. The summed E-state index contributed by atoms with van der Waals surface area (Å²) >= 11 is 0. The monoisotopic (exact) mass is 276 g/mol. The van der Waals surface area contributed by atoms with Crippen LogP contribution >= 0.6 is 12.4 Å². The molecule has 0 saturated carbocycles. The van der Waals surface area contributed by atoms with Gasteiger partial charge < -0.3 is 10.0 Å². The lowest BCUT2D eigenvalue weighted by Crippen LogP contribution is -2.45. The van der Waals surface area contributed by atoms with Gasteiger partial charge in [-0.05, 0) is 52.4 Å². The van der Waals surface area contributed by atoms with E-state index in [0.717, 1.165) is 38.9 Å². The minimum atomic E-state index is -0.735. The van der Waals surface area contributed by atoms with Crippen LogP contribution in [0.5, 0.6) is 0 Å². The van der Waals surface area contributed by atoms with Crippen LogP contribution in [0.3, 0.4) is 0 Å². The van der Waals surface area contributed by atoms with Gasteiger partial charge in [0.25, 0.3) is 0 Å². The Morgan fingerprint density at radius 3 is 2.61 bits per heavy atom. The minimum absolute atomic E-state index is 0. The highest BCUT2D eigenvalue weighted by Crippen LogP contribution is 2.15. The van der Waals surface area contributed by atoms with Crippen LogP contribution in [0.1, 0.15) is 25.7 Å². The summed E-state index contributed by atoms with van der Waals surface area (Å²) in [5.41, 5.74) is 0. The predicted molar refractivity (Wildman–Crippen MR) is 76.4 cm³/mol. The van der Waals surface area contributed by atoms with Crippen LogP contribution in [0.15, 0.2) is 12.7 Å². The van der Waals surface area contributed by atoms with E-state index in [1.54, 1.807) is 0 Å². The second-order valence-corrected chi connectivity index (χ2v) is 4.81. The van der Waals surface area contributed by atoms with Crippen molar-refractivity contribution in [2.45, 2.75) is 31.7 Å². The molecule has 0 atom stereocenters. The van der Waals surface area contributed by atoms with Crippen LogP contribution in [0, 0.1) is 0 Å². The molecule has 0 unspecified atom stereocenters. The maximum absolute atomic E-state index is 10.6. The average molecular weight is 277 g/mol. The summed E-state index contributed by atoms with van der Waals surface area (Å²) in [5.74, 6) is -0.735. The van der Waals surface area contributed by atoms with E-state index in [2.05, 4.69) is 11.5 Å². The van der Waals surface area contributed by atoms with Crippen molar-refractivity contribution in [1.82, 2.24) is 9.80 Å². The molecule has 0 amide bonds. The Bertz CT molecular complexity index is 253. The number of rotatable bonds is 7. The molecule has 1 aliphatic heterocycles. The van der Waals surface area contributed by atoms with Crippen molar-refractivity contribution in [1.29, 1.82) is 0 Å². The molecule has 0 aromatic carbocycles. The average Bonchev–Trinajstić information content (AvgIpc) is 2.29. The van der Waals surface area contributed by atoms with Crippen LogP contribution in [0.4, 0.5) is 0 Å². The molecule has 18 heavy (non-hydrogen) atoms. The van der Waals surface area contributed by atoms with Gasteiger partial charge in [0.15, 0.2) is 0 Å². The maximum atomic E-state index is 10.6. The number of unbranched alkanes of at least 4 members (excludes halogenated alkanes) is 1. The lowest BCUT2D eigenvalue weighted by Gasteiger charge is -2.36. The van der Waals surface area contributed by atoms with Gasteiger partial charge in [0.2, 0.25) is 0 Å². The number of hydrogen-bond donors (Lipinski definition) is 1. The smallest absolute Gasteiger partial charge is 0.317 e. The Hall–Kier alpha value is -0.580. The Morgan fingerprint density at radius 2 is 2.11 bits per heavy atom. The first-order valence-electron chi connectivity index (χ1n) is 6.38. The van der Waals surface area contributed by atoms with E-state index >= 15 is 0 Å². The first kappa shape index (κ1) is 17.4. The van der Waals surface area contributed by atoms with Crippen LogP contribution in [0.2, 0.25) is 0 Å². The van der Waals surface area contributed by atoms with Crippen molar-refractivity contribution in [3.05, 3.63) is 12.7 Å². The first-order chi connectivity index (χ1) is 8.13. The highest BCUT2D eigenvalue weighted by atomic mass is 35.5. The molecule has 0 bridgehead atoms. The number of likely N-dealkylation sites (N-methyl/N-ethyl adjacent to an activating group) is 1. The Balaban J connectivity index is 0.00000289. The van der Waals surface area contributed by atoms with E-state index in [0.29, 0.717) is 6.04 Å². The number of carbonyl (C=O) groups is 1. The van der Waals surface area contributed by atoms with E-state index in [4.69, 9.17) is 5.11 Å². The summed E-state index contributed by atoms with van der Waals surface area (Å²) in [6.45, 7) is 7.20. The summed E-state index contributed by atoms with van der Waals surface area (Å²) in [7, 11) is 1.91. The van der Waals surface area contributed by atoms with Gasteiger partial charge in [-0.15, -0.1) is 19.0 Å². The van der Waals surface area contributed by atoms with Gasteiger partial charge in [0.05, 0.1) is 6.54 Å². The number of likely N-dealkylation sites (tertiary alicyclic amines) is 1. The molecular weight excluding hydrogens is 252 g/mol. The lowest BCUT2D eigenvalue weighted by atomic mass is 10.0. The normalized spacial score (nSPS) is 17.4. The molecule has 1 fully saturated rings. The second kappa shape index (κ2) is 9.36. The number of halogens is 1.